The molecule has 0 bridgehead atoms. The van der Waals surface area contributed by atoms with Gasteiger partial charge in [0.25, 0.3) is 5.91 Å². The molecule has 0 saturated carbocycles. The van der Waals surface area contributed by atoms with Crippen molar-refractivity contribution in [1.82, 2.24) is 10.3 Å². The zero-order valence-electron chi connectivity index (χ0n) is 14.7. The molecule has 28 heavy (non-hydrogen) atoms. The summed E-state index contributed by atoms with van der Waals surface area (Å²) in [5.41, 5.74) is 1.02. The molecule has 0 aliphatic rings. The number of hydrogen-bond acceptors (Lipinski definition) is 5. The molecule has 0 radical (unpaired) electrons. The fraction of sp³-hybridized carbons (Fsp3) is 0.0500. The first-order chi connectivity index (χ1) is 13.5. The summed E-state index contributed by atoms with van der Waals surface area (Å²) in [5.74, 6) is -0.274. The lowest BCUT2D eigenvalue weighted by atomic mass is 10.1. The van der Waals surface area contributed by atoms with Gasteiger partial charge in [-0.1, -0.05) is 35.6 Å². The third-order valence-corrected chi connectivity index (χ3v) is 5.25. The van der Waals surface area contributed by atoms with Crippen molar-refractivity contribution in [2.75, 3.05) is 12.4 Å². The summed E-state index contributed by atoms with van der Waals surface area (Å²) in [5, 5.41) is 7.96. The SMILES string of the molecule is COc1cc2ccccc2cc1C(=O)NC(=S)Nc1nc2ccc(F)cc2s1. The van der Waals surface area contributed by atoms with Gasteiger partial charge in [0.15, 0.2) is 10.2 Å². The van der Waals surface area contributed by atoms with Crippen molar-refractivity contribution in [3.63, 3.8) is 0 Å². The standard InChI is InChI=1S/C20H14FN3O2S2/c1-26-16-9-12-5-3-2-4-11(12)8-14(16)18(25)23-19(27)24-20-22-15-7-6-13(21)10-17(15)28-20/h2-10H,1H3,(H2,22,23,24,25,27). The molecule has 0 unspecified atom stereocenters. The number of carbonyl (C=O) groups is 1. The van der Waals surface area contributed by atoms with Gasteiger partial charge < -0.3 is 10.1 Å². The van der Waals surface area contributed by atoms with Crippen LogP contribution in [-0.4, -0.2) is 23.1 Å². The Morgan fingerprint density at radius 1 is 1.14 bits per heavy atom. The van der Waals surface area contributed by atoms with E-state index in [0.717, 1.165) is 10.8 Å². The normalized spacial score (nSPS) is 10.8. The van der Waals surface area contributed by atoms with E-state index in [0.29, 0.717) is 26.7 Å². The van der Waals surface area contributed by atoms with E-state index in [1.165, 1.54) is 30.6 Å². The zero-order valence-corrected chi connectivity index (χ0v) is 16.3. The molecule has 0 saturated heterocycles. The smallest absolute Gasteiger partial charge is 0.261 e. The minimum atomic E-state index is -0.396. The Kier molecular flexibility index (Phi) is 4.89. The van der Waals surface area contributed by atoms with Gasteiger partial charge in [-0.05, 0) is 53.3 Å². The number of rotatable bonds is 3. The molecular weight excluding hydrogens is 397 g/mol. The van der Waals surface area contributed by atoms with E-state index in [4.69, 9.17) is 17.0 Å². The van der Waals surface area contributed by atoms with Gasteiger partial charge in [-0.25, -0.2) is 9.37 Å². The fourth-order valence-corrected chi connectivity index (χ4v) is 3.97. The second-order valence-corrected chi connectivity index (χ2v) is 7.38. The quantitative estimate of drug-likeness (QED) is 0.478. The second-order valence-electron chi connectivity index (χ2n) is 5.94. The number of carbonyl (C=O) groups excluding carboxylic acids is 1. The van der Waals surface area contributed by atoms with Crippen LogP contribution in [0.3, 0.4) is 0 Å². The largest absolute Gasteiger partial charge is 0.496 e. The number of amides is 1. The third kappa shape index (κ3) is 3.64. The molecule has 0 aliphatic carbocycles. The Morgan fingerprint density at radius 2 is 1.89 bits per heavy atom. The average Bonchev–Trinajstić information content (AvgIpc) is 3.07. The molecule has 5 nitrogen and oxygen atoms in total. The maximum absolute atomic E-state index is 13.3. The highest BCUT2D eigenvalue weighted by molar-refractivity contribution is 7.80. The zero-order chi connectivity index (χ0) is 19.7. The molecular formula is C20H14FN3O2S2. The topological polar surface area (TPSA) is 63.2 Å². The van der Waals surface area contributed by atoms with E-state index in [-0.39, 0.29) is 10.9 Å². The number of anilines is 1. The number of methoxy groups -OCH3 is 1. The van der Waals surface area contributed by atoms with Crippen LogP contribution in [0, 0.1) is 5.82 Å². The number of halogens is 1. The monoisotopic (exact) mass is 411 g/mol. The fourth-order valence-electron chi connectivity index (χ4n) is 2.82. The predicted molar refractivity (Wildman–Crippen MR) is 114 cm³/mol. The maximum Gasteiger partial charge on any atom is 0.261 e. The van der Waals surface area contributed by atoms with Gasteiger partial charge in [0.2, 0.25) is 0 Å². The number of hydrogen-bond donors (Lipinski definition) is 2. The molecule has 140 valence electrons. The van der Waals surface area contributed by atoms with E-state index in [2.05, 4.69) is 15.6 Å². The number of benzene rings is 3. The molecule has 1 amide bonds. The summed E-state index contributed by atoms with van der Waals surface area (Å²) in [6.07, 6.45) is 0. The van der Waals surface area contributed by atoms with Gasteiger partial charge in [0.1, 0.15) is 11.6 Å². The number of fused-ring (bicyclic) bond motifs is 2. The summed E-state index contributed by atoms with van der Waals surface area (Å²) in [4.78, 5) is 17.0. The second kappa shape index (κ2) is 7.49. The molecule has 4 rings (SSSR count). The van der Waals surface area contributed by atoms with Gasteiger partial charge in [0.05, 0.1) is 22.9 Å². The van der Waals surface area contributed by atoms with Crippen molar-refractivity contribution >= 4 is 60.7 Å². The highest BCUT2D eigenvalue weighted by Crippen LogP contribution is 2.27. The highest BCUT2D eigenvalue weighted by atomic mass is 32.1. The number of nitrogens with zero attached hydrogens (tertiary/aromatic N) is 1. The molecule has 0 atom stereocenters. The lowest BCUT2D eigenvalue weighted by molar-refractivity contribution is 0.0975. The van der Waals surface area contributed by atoms with E-state index < -0.39 is 5.91 Å². The lowest BCUT2D eigenvalue weighted by Gasteiger charge is -2.11. The van der Waals surface area contributed by atoms with Crippen LogP contribution in [0.15, 0.2) is 54.6 Å². The summed E-state index contributed by atoms with van der Waals surface area (Å²) >= 11 is 6.47. The lowest BCUT2D eigenvalue weighted by Crippen LogP contribution is -2.34. The van der Waals surface area contributed by atoms with Crippen molar-refractivity contribution in [3.05, 3.63) is 66.0 Å². The average molecular weight is 411 g/mol. The van der Waals surface area contributed by atoms with Crippen LogP contribution in [0.5, 0.6) is 5.75 Å². The van der Waals surface area contributed by atoms with Crippen LogP contribution in [0.4, 0.5) is 9.52 Å². The van der Waals surface area contributed by atoms with Crippen molar-refractivity contribution in [1.29, 1.82) is 0 Å². The first-order valence-corrected chi connectivity index (χ1v) is 9.51. The predicted octanol–water partition coefficient (Wildman–Crippen LogP) is 4.72. The van der Waals surface area contributed by atoms with Gasteiger partial charge in [-0.3, -0.25) is 10.1 Å². The van der Waals surface area contributed by atoms with Crippen LogP contribution < -0.4 is 15.4 Å². The van der Waals surface area contributed by atoms with E-state index in [1.807, 2.05) is 30.3 Å². The van der Waals surface area contributed by atoms with Crippen LogP contribution in [0.25, 0.3) is 21.0 Å². The van der Waals surface area contributed by atoms with Gasteiger partial charge in [-0.2, -0.15) is 0 Å². The van der Waals surface area contributed by atoms with Crippen LogP contribution in [-0.2, 0) is 0 Å². The van der Waals surface area contributed by atoms with Crippen LogP contribution >= 0.6 is 23.6 Å². The molecule has 0 fully saturated rings. The van der Waals surface area contributed by atoms with E-state index in [1.54, 1.807) is 12.1 Å². The van der Waals surface area contributed by atoms with Gasteiger partial charge in [0, 0.05) is 0 Å². The summed E-state index contributed by atoms with van der Waals surface area (Å²) < 4.78 is 19.4. The molecule has 0 aliphatic heterocycles. The molecule has 8 heteroatoms. The molecule has 1 aromatic heterocycles. The summed E-state index contributed by atoms with van der Waals surface area (Å²) in [6, 6.07) is 15.6. The number of thiocarbonyl (C=S) groups is 1. The van der Waals surface area contributed by atoms with Crippen LogP contribution in [0.2, 0.25) is 0 Å². The number of ether oxygens (including phenoxy) is 1. The van der Waals surface area contributed by atoms with E-state index in [9.17, 15) is 9.18 Å². The molecule has 0 spiro atoms. The Labute approximate surface area is 169 Å². The summed E-state index contributed by atoms with van der Waals surface area (Å²) in [7, 11) is 1.51. The number of aromatic nitrogens is 1. The Balaban J connectivity index is 1.53. The van der Waals surface area contributed by atoms with Crippen molar-refractivity contribution in [2.24, 2.45) is 0 Å². The molecule has 1 heterocycles. The number of thiazole rings is 1. The Bertz CT molecular complexity index is 1220. The molecule has 4 aromatic rings. The molecule has 2 N–H and O–H groups in total. The van der Waals surface area contributed by atoms with Gasteiger partial charge in [-0.15, -0.1) is 0 Å². The minimum absolute atomic E-state index is 0.0970. The van der Waals surface area contributed by atoms with Gasteiger partial charge >= 0.3 is 0 Å². The van der Waals surface area contributed by atoms with Crippen molar-refractivity contribution < 1.29 is 13.9 Å². The third-order valence-electron chi connectivity index (χ3n) is 4.11. The van der Waals surface area contributed by atoms with Crippen molar-refractivity contribution in [3.8, 4) is 5.75 Å². The van der Waals surface area contributed by atoms with Crippen LogP contribution in [0.1, 0.15) is 10.4 Å². The molecule has 3 aromatic carbocycles. The minimum Gasteiger partial charge on any atom is -0.496 e. The van der Waals surface area contributed by atoms with E-state index >= 15 is 0 Å². The first-order valence-electron chi connectivity index (χ1n) is 8.29. The maximum atomic E-state index is 13.3. The number of nitrogens with one attached hydrogen (secondary N) is 2. The Hall–Kier alpha value is -3.10. The Morgan fingerprint density at radius 3 is 2.64 bits per heavy atom. The van der Waals surface area contributed by atoms with Crippen molar-refractivity contribution in [2.45, 2.75) is 0 Å². The highest BCUT2D eigenvalue weighted by Gasteiger charge is 2.16. The summed E-state index contributed by atoms with van der Waals surface area (Å²) in [6.45, 7) is 0. The first kappa shape index (κ1) is 18.3.